The van der Waals surface area contributed by atoms with Gasteiger partial charge in [0.25, 0.3) is 0 Å². The molecule has 2 aliphatic heterocycles. The van der Waals surface area contributed by atoms with E-state index in [1.54, 1.807) is 27.7 Å². The molecule has 5 atom stereocenters. The number of ether oxygens (including phenoxy) is 3. The molecule has 12 heteroatoms. The van der Waals surface area contributed by atoms with Crippen molar-refractivity contribution in [1.82, 2.24) is 20.2 Å². The fourth-order valence-corrected chi connectivity index (χ4v) is 7.69. The van der Waals surface area contributed by atoms with Crippen molar-refractivity contribution < 1.29 is 33.4 Å². The number of carbonyl (C=O) groups is 4. The second kappa shape index (κ2) is 14.9. The number of carbonyl (C=O) groups excluding carboxylic acids is 4. The lowest BCUT2D eigenvalue weighted by Gasteiger charge is -2.30. The Balaban J connectivity index is 1.33. The van der Waals surface area contributed by atoms with Gasteiger partial charge in [-0.1, -0.05) is 43.2 Å². The zero-order valence-corrected chi connectivity index (χ0v) is 30.0. The first kappa shape index (κ1) is 35.5. The van der Waals surface area contributed by atoms with E-state index in [-0.39, 0.29) is 49.6 Å². The van der Waals surface area contributed by atoms with Crippen molar-refractivity contribution in [3.05, 3.63) is 53.9 Å². The van der Waals surface area contributed by atoms with E-state index in [1.807, 2.05) is 47.9 Å². The Hall–Kier alpha value is -4.32. The summed E-state index contributed by atoms with van der Waals surface area (Å²) >= 11 is 1.51. The summed E-state index contributed by atoms with van der Waals surface area (Å²) in [5, 5.41) is 4.76. The van der Waals surface area contributed by atoms with Crippen LogP contribution >= 0.6 is 11.3 Å². The average molecular weight is 703 g/mol. The Morgan fingerprint density at radius 1 is 1.06 bits per heavy atom. The van der Waals surface area contributed by atoms with E-state index in [9.17, 15) is 19.2 Å². The van der Waals surface area contributed by atoms with Gasteiger partial charge in [-0.25, -0.2) is 14.8 Å². The topological polar surface area (TPSA) is 137 Å². The molecule has 2 unspecified atom stereocenters. The van der Waals surface area contributed by atoms with Crippen molar-refractivity contribution in [2.24, 2.45) is 11.3 Å². The van der Waals surface area contributed by atoms with Gasteiger partial charge in [-0.3, -0.25) is 14.4 Å². The number of ketones is 1. The van der Waals surface area contributed by atoms with Gasteiger partial charge in [-0.05, 0) is 82.9 Å². The monoisotopic (exact) mass is 702 g/mol. The fourth-order valence-electron chi connectivity index (χ4n) is 6.98. The van der Waals surface area contributed by atoms with Crippen molar-refractivity contribution in [1.29, 1.82) is 0 Å². The number of aromatic nitrogens is 2. The van der Waals surface area contributed by atoms with Crippen molar-refractivity contribution in [3.8, 4) is 16.5 Å². The minimum Gasteiger partial charge on any atom is -0.471 e. The standard InChI is InChI=1S/C38H46N4O7S/c1-5-47-35(45)38-21-24(38)14-9-7-6-8-10-17-28(41-36(46)49-37(2,3)4)34(44)42-23-25(20-29(42)30(43)22-38)48-33-32(31-18-13-19-50-31)39-26-15-11-12-16-27(26)40-33/h9,11-16,18-19,24-25,28-29H,5-8,10,17,20-23H2,1-4H3,(H,41,46)/b14-9-/t24?,25?,28-,29-,38+/m0/s1. The minimum atomic E-state index is -0.957. The summed E-state index contributed by atoms with van der Waals surface area (Å²) in [5.74, 6) is -0.780. The quantitative estimate of drug-likeness (QED) is 0.221. The molecule has 1 aliphatic carbocycles. The number of esters is 1. The van der Waals surface area contributed by atoms with Crippen molar-refractivity contribution in [3.63, 3.8) is 0 Å². The summed E-state index contributed by atoms with van der Waals surface area (Å²) in [7, 11) is 0. The van der Waals surface area contributed by atoms with Crippen LogP contribution in [0.3, 0.4) is 0 Å². The first-order valence-electron chi connectivity index (χ1n) is 17.6. The number of Topliss-reactive ketones (excluding diaryl/α,β-unsaturated/α-hetero) is 1. The van der Waals surface area contributed by atoms with Crippen LogP contribution in [0.4, 0.5) is 4.79 Å². The van der Waals surface area contributed by atoms with Gasteiger partial charge in [0.15, 0.2) is 5.78 Å². The van der Waals surface area contributed by atoms with Gasteiger partial charge in [-0.2, -0.15) is 0 Å². The number of alkyl carbamates (subject to hydrolysis) is 1. The highest BCUT2D eigenvalue weighted by atomic mass is 32.1. The van der Waals surface area contributed by atoms with E-state index in [1.165, 1.54) is 16.2 Å². The normalized spacial score (nSPS) is 26.6. The molecule has 2 amide bonds. The van der Waals surface area contributed by atoms with Crippen molar-refractivity contribution >= 4 is 46.1 Å². The molecule has 3 aliphatic rings. The van der Waals surface area contributed by atoms with Crippen LogP contribution in [0, 0.1) is 11.3 Å². The van der Waals surface area contributed by atoms with Crippen LogP contribution < -0.4 is 10.1 Å². The van der Waals surface area contributed by atoms with Gasteiger partial charge in [0.1, 0.15) is 23.4 Å². The van der Waals surface area contributed by atoms with Crippen molar-refractivity contribution in [2.75, 3.05) is 13.2 Å². The highest BCUT2D eigenvalue weighted by Gasteiger charge is 2.61. The van der Waals surface area contributed by atoms with Gasteiger partial charge in [0, 0.05) is 12.8 Å². The smallest absolute Gasteiger partial charge is 0.408 e. The van der Waals surface area contributed by atoms with Gasteiger partial charge < -0.3 is 24.4 Å². The Kier molecular flexibility index (Phi) is 10.6. The number of rotatable bonds is 6. The average Bonchev–Trinajstić information content (AvgIpc) is 3.38. The summed E-state index contributed by atoms with van der Waals surface area (Å²) in [6.07, 6.45) is 7.14. The Labute approximate surface area is 296 Å². The van der Waals surface area contributed by atoms with Crippen LogP contribution in [0.15, 0.2) is 53.9 Å². The molecule has 1 saturated heterocycles. The van der Waals surface area contributed by atoms with E-state index < -0.39 is 35.3 Å². The van der Waals surface area contributed by atoms with Crippen LogP contribution in [0.5, 0.6) is 5.88 Å². The SMILES string of the molecule is CCOC(=O)[C@]12CC(=O)[C@@H]3CC(Oc4nc5ccccc5nc4-c4cccs4)CN3C(=O)[C@@H](NC(=O)OC(C)(C)C)CCCCC/C=C\C1C2. The molecule has 1 N–H and O–H groups in total. The number of nitrogens with zero attached hydrogens (tertiary/aromatic N) is 3. The summed E-state index contributed by atoms with van der Waals surface area (Å²) < 4.78 is 17.6. The lowest BCUT2D eigenvalue weighted by Crippen LogP contribution is -2.52. The highest BCUT2D eigenvalue weighted by Crippen LogP contribution is 2.57. The third kappa shape index (κ3) is 8.01. The maximum absolute atomic E-state index is 14.5. The molecule has 0 bridgehead atoms. The highest BCUT2D eigenvalue weighted by molar-refractivity contribution is 7.13. The molecule has 2 fully saturated rings. The molecule has 6 rings (SSSR count). The number of nitrogens with one attached hydrogen (secondary N) is 1. The predicted octanol–water partition coefficient (Wildman–Crippen LogP) is 6.65. The molecule has 0 spiro atoms. The van der Waals surface area contributed by atoms with E-state index in [2.05, 4.69) is 11.4 Å². The lowest BCUT2D eigenvalue weighted by molar-refractivity contribution is -0.152. The molecule has 4 heterocycles. The molecule has 11 nitrogen and oxygen atoms in total. The number of thiophene rings is 1. The summed E-state index contributed by atoms with van der Waals surface area (Å²) in [6, 6.07) is 9.63. The molecule has 1 aromatic carbocycles. The van der Waals surface area contributed by atoms with Gasteiger partial charge >= 0.3 is 12.1 Å². The van der Waals surface area contributed by atoms with Crippen LogP contribution in [-0.4, -0.2) is 75.6 Å². The second-order valence-electron chi connectivity index (χ2n) is 14.4. The Morgan fingerprint density at radius 2 is 1.84 bits per heavy atom. The molecule has 2 aromatic heterocycles. The zero-order chi connectivity index (χ0) is 35.5. The second-order valence-corrected chi connectivity index (χ2v) is 15.4. The third-order valence-electron chi connectivity index (χ3n) is 9.52. The molecular weight excluding hydrogens is 657 g/mol. The summed E-state index contributed by atoms with van der Waals surface area (Å²) in [4.78, 5) is 67.2. The third-order valence-corrected chi connectivity index (χ3v) is 10.4. The number of benzene rings is 1. The first-order chi connectivity index (χ1) is 24.0. The molecular formula is C38H46N4O7S. The maximum atomic E-state index is 14.5. The predicted molar refractivity (Wildman–Crippen MR) is 190 cm³/mol. The Bertz CT molecular complexity index is 1750. The minimum absolute atomic E-state index is 0.0532. The number of fused-ring (bicyclic) bond motifs is 3. The van der Waals surface area contributed by atoms with Crippen LogP contribution in [0.1, 0.15) is 79.1 Å². The largest absolute Gasteiger partial charge is 0.471 e. The summed E-state index contributed by atoms with van der Waals surface area (Å²) in [6.45, 7) is 7.36. The molecule has 266 valence electrons. The van der Waals surface area contributed by atoms with Gasteiger partial charge in [-0.15, -0.1) is 11.3 Å². The number of allylic oxidation sites excluding steroid dienone is 2. The number of amides is 2. The number of para-hydroxylation sites is 2. The number of hydrogen-bond acceptors (Lipinski definition) is 10. The molecule has 3 aromatic rings. The van der Waals surface area contributed by atoms with Gasteiger partial charge in [0.2, 0.25) is 11.8 Å². The van der Waals surface area contributed by atoms with Crippen LogP contribution in [0.2, 0.25) is 0 Å². The molecule has 1 saturated carbocycles. The number of hydrogen-bond donors (Lipinski definition) is 1. The lowest BCUT2D eigenvalue weighted by atomic mass is 9.91. The maximum Gasteiger partial charge on any atom is 0.408 e. The van der Waals surface area contributed by atoms with E-state index in [0.29, 0.717) is 36.4 Å². The molecule has 0 radical (unpaired) electrons. The van der Waals surface area contributed by atoms with E-state index in [4.69, 9.17) is 24.2 Å². The fraction of sp³-hybridized carbons (Fsp3) is 0.526. The van der Waals surface area contributed by atoms with Gasteiger partial charge in [0.05, 0.1) is 40.5 Å². The zero-order valence-electron chi connectivity index (χ0n) is 29.2. The van der Waals surface area contributed by atoms with E-state index in [0.717, 1.165) is 29.7 Å². The Morgan fingerprint density at radius 3 is 2.56 bits per heavy atom. The van der Waals surface area contributed by atoms with Crippen LogP contribution in [0.25, 0.3) is 21.6 Å². The van der Waals surface area contributed by atoms with E-state index >= 15 is 0 Å². The first-order valence-corrected chi connectivity index (χ1v) is 18.5. The summed E-state index contributed by atoms with van der Waals surface area (Å²) in [5.41, 5.74) is 0.254. The van der Waals surface area contributed by atoms with Crippen molar-refractivity contribution in [2.45, 2.75) is 103 Å². The van der Waals surface area contributed by atoms with Crippen LogP contribution in [-0.2, 0) is 23.9 Å². The molecule has 50 heavy (non-hydrogen) atoms.